The van der Waals surface area contributed by atoms with Crippen molar-refractivity contribution in [2.45, 2.75) is 32.3 Å². The number of anilines is 1. The molecular weight excluding hydrogens is 358 g/mol. The molecule has 28 heavy (non-hydrogen) atoms. The standard InChI is InChI=1S/C20H27N5O3/c1-3-23-9-5-20(6-10-23)16(15(2)18(27)28-20)17(26)24-11-13-25(14-12-24)19-21-7-4-8-22-19/h4,7-8H,3,5-6,9-14H2,1-2H3. The van der Waals surface area contributed by atoms with E-state index in [1.807, 2.05) is 4.90 Å². The number of esters is 1. The molecule has 3 aliphatic rings. The van der Waals surface area contributed by atoms with Gasteiger partial charge in [0.15, 0.2) is 0 Å². The second-order valence-corrected chi connectivity index (χ2v) is 7.65. The summed E-state index contributed by atoms with van der Waals surface area (Å²) in [6.45, 7) is 9.02. The monoisotopic (exact) mass is 385 g/mol. The zero-order valence-electron chi connectivity index (χ0n) is 16.6. The molecule has 0 unspecified atom stereocenters. The van der Waals surface area contributed by atoms with Crippen LogP contribution in [0.1, 0.15) is 26.7 Å². The van der Waals surface area contributed by atoms with Gasteiger partial charge in [-0.2, -0.15) is 0 Å². The Labute approximate surface area is 165 Å². The van der Waals surface area contributed by atoms with Gasteiger partial charge >= 0.3 is 5.97 Å². The largest absolute Gasteiger partial charge is 0.450 e. The lowest BCUT2D eigenvalue weighted by molar-refractivity contribution is -0.151. The number of hydrogen-bond acceptors (Lipinski definition) is 7. The number of rotatable bonds is 3. The van der Waals surface area contributed by atoms with Crippen LogP contribution in [0.25, 0.3) is 0 Å². The third-order valence-corrected chi connectivity index (χ3v) is 6.15. The first kappa shape index (κ1) is 18.9. The minimum absolute atomic E-state index is 0.0538. The fourth-order valence-corrected chi connectivity index (χ4v) is 4.41. The average molecular weight is 385 g/mol. The van der Waals surface area contributed by atoms with E-state index >= 15 is 0 Å². The molecule has 1 spiro atoms. The summed E-state index contributed by atoms with van der Waals surface area (Å²) in [6, 6.07) is 1.79. The van der Waals surface area contributed by atoms with E-state index in [2.05, 4.69) is 26.7 Å². The number of piperazine rings is 1. The molecule has 0 aliphatic carbocycles. The van der Waals surface area contributed by atoms with Crippen LogP contribution in [0.15, 0.2) is 29.6 Å². The highest BCUT2D eigenvalue weighted by Gasteiger charge is 2.51. The topological polar surface area (TPSA) is 78.9 Å². The highest BCUT2D eigenvalue weighted by Crippen LogP contribution is 2.41. The van der Waals surface area contributed by atoms with Crippen LogP contribution in [0.4, 0.5) is 5.95 Å². The van der Waals surface area contributed by atoms with Gasteiger partial charge in [0.05, 0.1) is 5.57 Å². The molecule has 0 saturated carbocycles. The Balaban J connectivity index is 1.48. The fraction of sp³-hybridized carbons (Fsp3) is 0.600. The summed E-state index contributed by atoms with van der Waals surface area (Å²) in [5, 5.41) is 0. The van der Waals surface area contributed by atoms with Gasteiger partial charge in [-0.05, 0) is 19.5 Å². The summed E-state index contributed by atoms with van der Waals surface area (Å²) >= 11 is 0. The van der Waals surface area contributed by atoms with Crippen LogP contribution in [0.3, 0.4) is 0 Å². The molecule has 1 aromatic heterocycles. The van der Waals surface area contributed by atoms with Crippen molar-refractivity contribution in [2.75, 3.05) is 50.7 Å². The molecule has 3 aliphatic heterocycles. The Hall–Kier alpha value is -2.48. The molecule has 8 nitrogen and oxygen atoms in total. The highest BCUT2D eigenvalue weighted by atomic mass is 16.6. The molecule has 0 aromatic carbocycles. The Morgan fingerprint density at radius 2 is 1.75 bits per heavy atom. The van der Waals surface area contributed by atoms with Crippen molar-refractivity contribution in [2.24, 2.45) is 0 Å². The van der Waals surface area contributed by atoms with Gasteiger partial charge in [0.25, 0.3) is 5.91 Å². The third-order valence-electron chi connectivity index (χ3n) is 6.15. The van der Waals surface area contributed by atoms with Crippen LogP contribution in [0.2, 0.25) is 0 Å². The quantitative estimate of drug-likeness (QED) is 0.714. The molecule has 1 aromatic rings. The molecule has 0 atom stereocenters. The lowest BCUT2D eigenvalue weighted by Gasteiger charge is -2.41. The molecule has 150 valence electrons. The van der Waals surface area contributed by atoms with E-state index in [0.29, 0.717) is 56.1 Å². The molecule has 4 heterocycles. The minimum Gasteiger partial charge on any atom is -0.450 e. The van der Waals surface area contributed by atoms with Crippen molar-refractivity contribution in [3.05, 3.63) is 29.6 Å². The summed E-state index contributed by atoms with van der Waals surface area (Å²) < 4.78 is 5.79. The van der Waals surface area contributed by atoms with Crippen LogP contribution >= 0.6 is 0 Å². The zero-order chi connectivity index (χ0) is 19.7. The maximum atomic E-state index is 13.4. The summed E-state index contributed by atoms with van der Waals surface area (Å²) in [4.78, 5) is 40.6. The minimum atomic E-state index is -0.746. The van der Waals surface area contributed by atoms with E-state index in [0.717, 1.165) is 19.6 Å². The Kier molecular flexibility index (Phi) is 5.05. The second-order valence-electron chi connectivity index (χ2n) is 7.65. The van der Waals surface area contributed by atoms with Gasteiger partial charge < -0.3 is 19.4 Å². The number of likely N-dealkylation sites (tertiary alicyclic amines) is 1. The van der Waals surface area contributed by atoms with E-state index in [-0.39, 0.29) is 11.9 Å². The predicted molar refractivity (Wildman–Crippen MR) is 104 cm³/mol. The van der Waals surface area contributed by atoms with Crippen LogP contribution in [0.5, 0.6) is 0 Å². The molecule has 2 fully saturated rings. The van der Waals surface area contributed by atoms with E-state index < -0.39 is 5.60 Å². The molecule has 1 amide bonds. The van der Waals surface area contributed by atoms with Crippen LogP contribution in [0, 0.1) is 0 Å². The van der Waals surface area contributed by atoms with Crippen molar-refractivity contribution in [3.63, 3.8) is 0 Å². The first-order valence-corrected chi connectivity index (χ1v) is 10.0. The lowest BCUT2D eigenvalue weighted by Crippen LogP contribution is -2.53. The third kappa shape index (κ3) is 3.26. The van der Waals surface area contributed by atoms with Gasteiger partial charge in [-0.25, -0.2) is 14.8 Å². The molecule has 0 N–H and O–H groups in total. The van der Waals surface area contributed by atoms with Gasteiger partial charge in [0.1, 0.15) is 5.60 Å². The number of carbonyl (C=O) groups is 2. The average Bonchev–Trinajstić information content (AvgIpc) is 2.98. The SMILES string of the molecule is CCN1CCC2(CC1)OC(=O)C(C)=C2C(=O)N1CCN(c2ncccn2)CC1. The Bertz CT molecular complexity index is 778. The normalized spacial score (nSPS) is 22.7. The van der Waals surface area contributed by atoms with Crippen LogP contribution in [-0.2, 0) is 14.3 Å². The number of carbonyl (C=O) groups excluding carboxylic acids is 2. The van der Waals surface area contributed by atoms with Crippen molar-refractivity contribution in [1.82, 2.24) is 19.8 Å². The first-order valence-electron chi connectivity index (χ1n) is 10.0. The summed E-state index contributed by atoms with van der Waals surface area (Å²) in [6.07, 6.45) is 4.81. The van der Waals surface area contributed by atoms with Crippen molar-refractivity contribution >= 4 is 17.8 Å². The summed E-state index contributed by atoms with van der Waals surface area (Å²) in [7, 11) is 0. The summed E-state index contributed by atoms with van der Waals surface area (Å²) in [5.74, 6) is 0.291. The number of amides is 1. The maximum absolute atomic E-state index is 13.4. The van der Waals surface area contributed by atoms with Crippen molar-refractivity contribution in [3.8, 4) is 0 Å². The maximum Gasteiger partial charge on any atom is 0.335 e. The number of piperidine rings is 1. The number of aromatic nitrogens is 2. The van der Waals surface area contributed by atoms with Gasteiger partial charge in [-0.1, -0.05) is 6.92 Å². The summed E-state index contributed by atoms with van der Waals surface area (Å²) in [5.41, 5.74) is 0.310. The zero-order valence-corrected chi connectivity index (χ0v) is 16.6. The van der Waals surface area contributed by atoms with Gasteiger partial charge in [-0.3, -0.25) is 4.79 Å². The van der Waals surface area contributed by atoms with Gasteiger partial charge in [-0.15, -0.1) is 0 Å². The lowest BCUT2D eigenvalue weighted by atomic mass is 9.82. The van der Waals surface area contributed by atoms with Gasteiger partial charge in [0.2, 0.25) is 5.95 Å². The van der Waals surface area contributed by atoms with Crippen LogP contribution < -0.4 is 4.90 Å². The van der Waals surface area contributed by atoms with Gasteiger partial charge in [0, 0.05) is 70.1 Å². The molecule has 2 saturated heterocycles. The molecule has 8 heteroatoms. The molecule has 0 bridgehead atoms. The number of hydrogen-bond donors (Lipinski definition) is 0. The van der Waals surface area contributed by atoms with Crippen molar-refractivity contribution in [1.29, 1.82) is 0 Å². The smallest absolute Gasteiger partial charge is 0.335 e. The van der Waals surface area contributed by atoms with E-state index in [1.54, 1.807) is 25.4 Å². The predicted octanol–water partition coefficient (Wildman–Crippen LogP) is 0.853. The first-order chi connectivity index (χ1) is 13.5. The number of ether oxygens (including phenoxy) is 1. The molecule has 4 rings (SSSR count). The fourth-order valence-electron chi connectivity index (χ4n) is 4.41. The van der Waals surface area contributed by atoms with E-state index in [4.69, 9.17) is 4.74 Å². The highest BCUT2D eigenvalue weighted by molar-refractivity contribution is 6.07. The van der Waals surface area contributed by atoms with Crippen LogP contribution in [-0.4, -0.2) is 83.1 Å². The Morgan fingerprint density at radius 3 is 2.36 bits per heavy atom. The molecular formula is C20H27N5O3. The van der Waals surface area contributed by atoms with E-state index in [1.165, 1.54) is 0 Å². The second kappa shape index (κ2) is 7.50. The van der Waals surface area contributed by atoms with E-state index in [9.17, 15) is 9.59 Å². The Morgan fingerprint density at radius 1 is 1.11 bits per heavy atom. The van der Waals surface area contributed by atoms with Crippen molar-refractivity contribution < 1.29 is 14.3 Å². The molecule has 0 radical (unpaired) electrons. The number of nitrogens with zero attached hydrogens (tertiary/aromatic N) is 5.